The van der Waals surface area contributed by atoms with Crippen LogP contribution < -0.4 is 0 Å². The highest BCUT2D eigenvalue weighted by molar-refractivity contribution is 5.71. The van der Waals surface area contributed by atoms with Crippen LogP contribution in [0, 0.1) is 0 Å². The summed E-state index contributed by atoms with van der Waals surface area (Å²) in [5, 5.41) is 0. The highest BCUT2D eigenvalue weighted by Crippen LogP contribution is 2.13. The van der Waals surface area contributed by atoms with Crippen LogP contribution >= 0.6 is 0 Å². The topological polar surface area (TPSA) is 78.9 Å². The maximum atomic E-state index is 12.8. The quantitative estimate of drug-likeness (QED) is 0.0199. The van der Waals surface area contributed by atoms with Gasteiger partial charge in [-0.05, 0) is 96.3 Å². The van der Waals surface area contributed by atoms with Crippen LogP contribution in [0.15, 0.2) is 97.2 Å². The van der Waals surface area contributed by atoms with E-state index in [0.717, 1.165) is 83.5 Å². The van der Waals surface area contributed by atoms with Crippen molar-refractivity contribution >= 4 is 17.9 Å². The molecule has 0 aliphatic rings. The number of unbranched alkanes of at least 4 members (excludes halogenated alkanes) is 23. The van der Waals surface area contributed by atoms with Crippen LogP contribution in [-0.2, 0) is 28.6 Å². The fourth-order valence-electron chi connectivity index (χ4n) is 7.11. The summed E-state index contributed by atoms with van der Waals surface area (Å²) in [6.07, 6.45) is 69.6. The summed E-state index contributed by atoms with van der Waals surface area (Å²) in [6, 6.07) is 0. The van der Waals surface area contributed by atoms with Crippen molar-refractivity contribution in [3.63, 3.8) is 0 Å². The van der Waals surface area contributed by atoms with E-state index < -0.39 is 6.10 Å². The molecule has 6 nitrogen and oxygen atoms in total. The van der Waals surface area contributed by atoms with Crippen LogP contribution in [-0.4, -0.2) is 37.2 Å². The molecular weight excluding hydrogens is 805 g/mol. The average Bonchev–Trinajstić information content (AvgIpc) is 3.30. The molecule has 0 aromatic rings. The minimum atomic E-state index is -0.812. The van der Waals surface area contributed by atoms with E-state index in [0.29, 0.717) is 12.8 Å². The number of hydrogen-bond donors (Lipinski definition) is 0. The van der Waals surface area contributed by atoms with E-state index in [9.17, 15) is 14.4 Å². The molecule has 0 saturated heterocycles. The lowest BCUT2D eigenvalue weighted by molar-refractivity contribution is -0.167. The van der Waals surface area contributed by atoms with Gasteiger partial charge in [0, 0.05) is 19.3 Å². The minimum Gasteiger partial charge on any atom is -0.462 e. The first-order valence-corrected chi connectivity index (χ1v) is 26.8. The lowest BCUT2D eigenvalue weighted by Crippen LogP contribution is -2.30. The second-order valence-electron chi connectivity index (χ2n) is 17.5. The van der Waals surface area contributed by atoms with E-state index in [1.165, 1.54) is 109 Å². The highest BCUT2D eigenvalue weighted by atomic mass is 16.6. The summed E-state index contributed by atoms with van der Waals surface area (Å²) in [7, 11) is 0. The molecule has 0 amide bonds. The molecule has 6 heteroatoms. The lowest BCUT2D eigenvalue weighted by atomic mass is 10.1. The van der Waals surface area contributed by atoms with Crippen molar-refractivity contribution in [1.82, 2.24) is 0 Å². The van der Waals surface area contributed by atoms with E-state index in [4.69, 9.17) is 14.2 Å². The number of hydrogen-bond acceptors (Lipinski definition) is 6. The number of esters is 3. The van der Waals surface area contributed by atoms with Crippen molar-refractivity contribution < 1.29 is 28.6 Å². The first-order chi connectivity index (χ1) is 32.0. The molecule has 0 aliphatic carbocycles. The van der Waals surface area contributed by atoms with Crippen LogP contribution in [0.25, 0.3) is 0 Å². The lowest BCUT2D eigenvalue weighted by Gasteiger charge is -2.18. The molecule has 0 aromatic carbocycles. The number of rotatable bonds is 47. The van der Waals surface area contributed by atoms with Crippen LogP contribution in [0.3, 0.4) is 0 Å². The number of carbonyl (C=O) groups is 3. The van der Waals surface area contributed by atoms with E-state index >= 15 is 0 Å². The van der Waals surface area contributed by atoms with Crippen LogP contribution in [0.4, 0.5) is 0 Å². The Morgan fingerprint density at radius 2 is 0.677 bits per heavy atom. The Labute approximate surface area is 400 Å². The molecular formula is C59H98O6. The van der Waals surface area contributed by atoms with Gasteiger partial charge in [-0.1, -0.05) is 221 Å². The standard InChI is InChI=1S/C59H98O6/c1-4-7-10-13-16-19-22-25-28-29-32-34-37-40-43-46-49-52-58(61)64-55-56(65-59(62)53-50-47-44-41-38-35-31-27-24-21-18-15-12-9-6-3)54-63-57(60)51-48-45-42-39-36-33-30-26-23-20-17-14-11-8-5-2/h9,12,15,18,20-21,23-25,27-28,31-32,34,40,43,56H,4-8,10-11,13-14,16-17,19,22,26,29-30,33,35-39,41-42,44-55H2,1-3H3/b12-9-,18-15-,23-20-,24-21-,28-25-,31-27-,34-32-,43-40-. The van der Waals surface area contributed by atoms with Gasteiger partial charge in [-0.15, -0.1) is 0 Å². The van der Waals surface area contributed by atoms with Gasteiger partial charge >= 0.3 is 17.9 Å². The summed E-state index contributed by atoms with van der Waals surface area (Å²) in [6.45, 7) is 6.41. The van der Waals surface area contributed by atoms with Crippen LogP contribution in [0.2, 0.25) is 0 Å². The van der Waals surface area contributed by atoms with E-state index in [-0.39, 0.29) is 44.0 Å². The largest absolute Gasteiger partial charge is 0.462 e. The van der Waals surface area contributed by atoms with Gasteiger partial charge in [0.2, 0.25) is 0 Å². The molecule has 0 heterocycles. The van der Waals surface area contributed by atoms with Crippen molar-refractivity contribution in [1.29, 1.82) is 0 Å². The van der Waals surface area contributed by atoms with Gasteiger partial charge in [0.1, 0.15) is 13.2 Å². The van der Waals surface area contributed by atoms with Crippen LogP contribution in [0.1, 0.15) is 239 Å². The van der Waals surface area contributed by atoms with Gasteiger partial charge in [-0.3, -0.25) is 14.4 Å². The zero-order valence-corrected chi connectivity index (χ0v) is 42.2. The Balaban J connectivity index is 4.51. The second kappa shape index (κ2) is 52.9. The second-order valence-corrected chi connectivity index (χ2v) is 17.5. The van der Waals surface area contributed by atoms with Crippen molar-refractivity contribution in [3.05, 3.63) is 97.2 Å². The minimum absolute atomic E-state index is 0.106. The molecule has 0 bridgehead atoms. The summed E-state index contributed by atoms with van der Waals surface area (Å²) in [4.78, 5) is 38.0. The molecule has 1 unspecified atom stereocenters. The normalized spacial score (nSPS) is 12.8. The van der Waals surface area contributed by atoms with Gasteiger partial charge < -0.3 is 14.2 Å². The Morgan fingerprint density at radius 3 is 1.17 bits per heavy atom. The molecule has 1 atom stereocenters. The summed E-state index contributed by atoms with van der Waals surface area (Å²) in [5.41, 5.74) is 0. The van der Waals surface area contributed by atoms with Gasteiger partial charge in [0.15, 0.2) is 6.10 Å². The van der Waals surface area contributed by atoms with Gasteiger partial charge in [0.25, 0.3) is 0 Å². The van der Waals surface area contributed by atoms with Crippen LogP contribution in [0.5, 0.6) is 0 Å². The van der Waals surface area contributed by atoms with Gasteiger partial charge in [-0.25, -0.2) is 0 Å². The Morgan fingerprint density at radius 1 is 0.338 bits per heavy atom. The Hall–Kier alpha value is -3.67. The summed E-state index contributed by atoms with van der Waals surface area (Å²) < 4.78 is 16.8. The third-order valence-electron chi connectivity index (χ3n) is 11.1. The molecule has 0 fully saturated rings. The predicted octanol–water partition coefficient (Wildman–Crippen LogP) is 17.8. The first kappa shape index (κ1) is 61.3. The van der Waals surface area contributed by atoms with E-state index in [1.54, 1.807) is 0 Å². The zero-order valence-electron chi connectivity index (χ0n) is 42.2. The van der Waals surface area contributed by atoms with E-state index in [1.807, 2.05) is 24.3 Å². The van der Waals surface area contributed by atoms with Crippen molar-refractivity contribution in [2.75, 3.05) is 13.2 Å². The van der Waals surface area contributed by atoms with Gasteiger partial charge in [-0.2, -0.15) is 0 Å². The fourth-order valence-corrected chi connectivity index (χ4v) is 7.11. The molecule has 370 valence electrons. The number of allylic oxidation sites excluding steroid dienone is 16. The fraction of sp³-hybridized carbons (Fsp3) is 0.678. The first-order valence-electron chi connectivity index (χ1n) is 26.8. The molecule has 0 rings (SSSR count). The molecule has 0 spiro atoms. The monoisotopic (exact) mass is 903 g/mol. The maximum Gasteiger partial charge on any atom is 0.306 e. The molecule has 0 saturated carbocycles. The maximum absolute atomic E-state index is 12.8. The number of carbonyl (C=O) groups excluding carboxylic acids is 3. The van der Waals surface area contributed by atoms with Crippen molar-refractivity contribution in [2.24, 2.45) is 0 Å². The SMILES string of the molecule is CC\C=C/C=C\C=C/C=C\CCCCCCCC(=O)OC(COC(=O)CCC/C=C\C/C=C\C/C=C\CCCCCCCC)COC(=O)CCCCCCCCC/C=C\CCCCCC. The smallest absolute Gasteiger partial charge is 0.306 e. The molecule has 0 N–H and O–H groups in total. The number of ether oxygens (including phenoxy) is 3. The average molecular weight is 903 g/mol. The third kappa shape index (κ3) is 51.2. The molecule has 0 radical (unpaired) electrons. The zero-order chi connectivity index (χ0) is 47.2. The Kier molecular flexibility index (Phi) is 50.0. The summed E-state index contributed by atoms with van der Waals surface area (Å²) in [5.74, 6) is -0.990. The highest BCUT2D eigenvalue weighted by Gasteiger charge is 2.19. The summed E-state index contributed by atoms with van der Waals surface area (Å²) >= 11 is 0. The van der Waals surface area contributed by atoms with Crippen molar-refractivity contribution in [2.45, 2.75) is 245 Å². The molecule has 0 aromatic heterocycles. The van der Waals surface area contributed by atoms with Crippen molar-refractivity contribution in [3.8, 4) is 0 Å². The molecule has 0 aliphatic heterocycles. The Bertz CT molecular complexity index is 1310. The third-order valence-corrected chi connectivity index (χ3v) is 11.1. The van der Waals surface area contributed by atoms with Gasteiger partial charge in [0.05, 0.1) is 0 Å². The predicted molar refractivity (Wildman–Crippen MR) is 279 cm³/mol. The van der Waals surface area contributed by atoms with E-state index in [2.05, 4.69) is 93.7 Å². The molecule has 65 heavy (non-hydrogen) atoms.